The van der Waals surface area contributed by atoms with Crippen LogP contribution in [-0.4, -0.2) is 42.4 Å². The second-order valence-electron chi connectivity index (χ2n) is 4.00. The minimum Gasteiger partial charge on any atom is -0.392 e. The minimum absolute atomic E-state index is 0.173. The molecule has 1 rings (SSSR count). The number of rotatable bonds is 5. The molecule has 7 nitrogen and oxygen atoms in total. The summed E-state index contributed by atoms with van der Waals surface area (Å²) in [6.07, 6.45) is -0.893. The average Bonchev–Trinajstić information content (AvgIpc) is 2.27. The van der Waals surface area contributed by atoms with E-state index in [2.05, 4.69) is 0 Å². The molecule has 1 unspecified atom stereocenters. The molecule has 0 aliphatic heterocycles. The Morgan fingerprint density at radius 3 is 2.58 bits per heavy atom. The number of benzene rings is 1. The van der Waals surface area contributed by atoms with E-state index in [0.717, 1.165) is 16.4 Å². The lowest BCUT2D eigenvalue weighted by atomic mass is 10.3. The van der Waals surface area contributed by atoms with Gasteiger partial charge in [-0.3, -0.25) is 10.1 Å². The SMILES string of the molecule is CC(O)CN(C)S(=O)(=O)c1ccc(F)c([N+](=O)[O-])c1. The summed E-state index contributed by atoms with van der Waals surface area (Å²) in [6.45, 7) is 1.23. The fourth-order valence-corrected chi connectivity index (χ4v) is 2.72. The Bertz CT molecular complexity index is 588. The highest BCUT2D eigenvalue weighted by atomic mass is 32.2. The minimum atomic E-state index is -4.00. The number of sulfonamides is 1. The molecular formula is C10H13FN2O5S. The van der Waals surface area contributed by atoms with Crippen molar-refractivity contribution in [2.24, 2.45) is 0 Å². The van der Waals surface area contributed by atoms with Crippen molar-refractivity contribution in [2.75, 3.05) is 13.6 Å². The van der Waals surface area contributed by atoms with Gasteiger partial charge in [-0.25, -0.2) is 8.42 Å². The van der Waals surface area contributed by atoms with Crippen LogP contribution < -0.4 is 0 Å². The zero-order valence-electron chi connectivity index (χ0n) is 10.3. The van der Waals surface area contributed by atoms with Crippen LogP contribution in [0, 0.1) is 15.9 Å². The Morgan fingerprint density at radius 1 is 1.53 bits per heavy atom. The van der Waals surface area contributed by atoms with Crippen molar-refractivity contribution in [1.29, 1.82) is 0 Å². The number of hydrogen-bond acceptors (Lipinski definition) is 5. The Hall–Kier alpha value is -1.58. The third-order valence-electron chi connectivity index (χ3n) is 2.34. The summed E-state index contributed by atoms with van der Waals surface area (Å²) in [5.41, 5.74) is -0.911. The van der Waals surface area contributed by atoms with E-state index in [1.165, 1.54) is 14.0 Å². The summed E-state index contributed by atoms with van der Waals surface area (Å²) in [4.78, 5) is 9.17. The van der Waals surface area contributed by atoms with E-state index in [1.54, 1.807) is 0 Å². The number of aliphatic hydroxyl groups is 1. The first-order chi connectivity index (χ1) is 8.66. The molecule has 1 aromatic carbocycles. The molecule has 0 saturated heterocycles. The van der Waals surface area contributed by atoms with Crippen LogP contribution in [-0.2, 0) is 10.0 Å². The van der Waals surface area contributed by atoms with Crippen molar-refractivity contribution in [2.45, 2.75) is 17.9 Å². The molecule has 0 saturated carbocycles. The highest BCUT2D eigenvalue weighted by molar-refractivity contribution is 7.89. The average molecular weight is 292 g/mol. The van der Waals surface area contributed by atoms with Crippen LogP contribution in [0.15, 0.2) is 23.1 Å². The van der Waals surface area contributed by atoms with Crippen LogP contribution in [0.1, 0.15) is 6.92 Å². The third-order valence-corrected chi connectivity index (χ3v) is 4.16. The van der Waals surface area contributed by atoms with E-state index in [9.17, 15) is 22.9 Å². The van der Waals surface area contributed by atoms with E-state index in [4.69, 9.17) is 5.11 Å². The molecule has 1 aromatic rings. The van der Waals surface area contributed by atoms with Crippen LogP contribution in [0.25, 0.3) is 0 Å². The molecule has 0 bridgehead atoms. The molecule has 19 heavy (non-hydrogen) atoms. The molecule has 0 heterocycles. The Kier molecular flexibility index (Phi) is 4.56. The van der Waals surface area contributed by atoms with E-state index in [1.807, 2.05) is 0 Å². The molecule has 0 aromatic heterocycles. The quantitative estimate of drug-likeness (QED) is 0.637. The summed E-state index contributed by atoms with van der Waals surface area (Å²) in [7, 11) is -2.79. The number of aliphatic hydroxyl groups excluding tert-OH is 1. The molecule has 1 N–H and O–H groups in total. The van der Waals surface area contributed by atoms with E-state index < -0.39 is 37.5 Å². The lowest BCUT2D eigenvalue weighted by Crippen LogP contribution is -2.33. The van der Waals surface area contributed by atoms with Crippen molar-refractivity contribution >= 4 is 15.7 Å². The molecule has 9 heteroatoms. The number of hydrogen-bond donors (Lipinski definition) is 1. The molecule has 0 fully saturated rings. The smallest absolute Gasteiger partial charge is 0.306 e. The Morgan fingerprint density at radius 2 is 2.11 bits per heavy atom. The van der Waals surface area contributed by atoms with Gasteiger partial charge in [0.2, 0.25) is 15.8 Å². The largest absolute Gasteiger partial charge is 0.392 e. The topological polar surface area (TPSA) is 101 Å². The van der Waals surface area contributed by atoms with Crippen LogP contribution in [0.4, 0.5) is 10.1 Å². The van der Waals surface area contributed by atoms with Gasteiger partial charge in [0.1, 0.15) is 0 Å². The lowest BCUT2D eigenvalue weighted by Gasteiger charge is -2.18. The van der Waals surface area contributed by atoms with Gasteiger partial charge in [-0.15, -0.1) is 0 Å². The zero-order chi connectivity index (χ0) is 14.8. The summed E-state index contributed by atoms with van der Waals surface area (Å²) < 4.78 is 38.0. The summed E-state index contributed by atoms with van der Waals surface area (Å²) in [5.74, 6) is -1.11. The monoisotopic (exact) mass is 292 g/mol. The highest BCUT2D eigenvalue weighted by Crippen LogP contribution is 2.23. The van der Waals surface area contributed by atoms with Crippen molar-refractivity contribution in [1.82, 2.24) is 4.31 Å². The van der Waals surface area contributed by atoms with Crippen molar-refractivity contribution < 1.29 is 22.8 Å². The van der Waals surface area contributed by atoms with Gasteiger partial charge in [0, 0.05) is 19.7 Å². The second kappa shape index (κ2) is 5.59. The maximum atomic E-state index is 13.1. The number of nitro groups is 1. The Balaban J connectivity index is 3.22. The normalized spacial score (nSPS) is 13.5. The van der Waals surface area contributed by atoms with Gasteiger partial charge in [0.25, 0.3) is 0 Å². The number of halogens is 1. The fraction of sp³-hybridized carbons (Fsp3) is 0.400. The zero-order valence-corrected chi connectivity index (χ0v) is 11.1. The standard InChI is InChI=1S/C10H13FN2O5S/c1-7(14)6-12(2)19(17,18)8-3-4-9(11)10(5-8)13(15)16/h3-5,7,14H,6H2,1-2H3. The summed E-state index contributed by atoms with van der Waals surface area (Å²) >= 11 is 0. The molecule has 0 spiro atoms. The van der Waals surface area contributed by atoms with Crippen molar-refractivity contribution in [3.63, 3.8) is 0 Å². The number of likely N-dealkylation sites (N-methyl/N-ethyl adjacent to an activating group) is 1. The van der Waals surface area contributed by atoms with Gasteiger partial charge in [0.15, 0.2) is 0 Å². The molecule has 1 atom stereocenters. The van der Waals surface area contributed by atoms with Crippen LogP contribution in [0.2, 0.25) is 0 Å². The molecule has 0 aliphatic carbocycles. The lowest BCUT2D eigenvalue weighted by molar-refractivity contribution is -0.387. The van der Waals surface area contributed by atoms with Gasteiger partial charge in [-0.2, -0.15) is 8.70 Å². The number of nitrogens with zero attached hydrogens (tertiary/aromatic N) is 2. The Labute approximate surface area is 109 Å². The van der Waals surface area contributed by atoms with Gasteiger partial charge in [0.05, 0.1) is 15.9 Å². The van der Waals surface area contributed by atoms with Gasteiger partial charge in [-0.05, 0) is 19.1 Å². The third kappa shape index (κ3) is 3.46. The van der Waals surface area contributed by atoms with Crippen LogP contribution >= 0.6 is 0 Å². The summed E-state index contributed by atoms with van der Waals surface area (Å²) in [5, 5.41) is 19.7. The maximum Gasteiger partial charge on any atom is 0.306 e. The van der Waals surface area contributed by atoms with E-state index in [0.29, 0.717) is 6.07 Å². The molecule has 0 amide bonds. The molecule has 106 valence electrons. The number of nitro benzene ring substituents is 1. The van der Waals surface area contributed by atoms with Crippen molar-refractivity contribution in [3.05, 3.63) is 34.1 Å². The molecular weight excluding hydrogens is 279 g/mol. The summed E-state index contributed by atoms with van der Waals surface area (Å²) in [6, 6.07) is 2.32. The van der Waals surface area contributed by atoms with Crippen LogP contribution in [0.5, 0.6) is 0 Å². The highest BCUT2D eigenvalue weighted by Gasteiger charge is 2.25. The molecule has 0 radical (unpaired) electrons. The predicted molar refractivity (Wildman–Crippen MR) is 64.6 cm³/mol. The fourth-order valence-electron chi connectivity index (χ4n) is 1.44. The second-order valence-corrected chi connectivity index (χ2v) is 6.05. The first kappa shape index (κ1) is 15.5. The first-order valence-corrected chi connectivity index (χ1v) is 6.68. The van der Waals surface area contributed by atoms with E-state index >= 15 is 0 Å². The van der Waals surface area contributed by atoms with E-state index in [-0.39, 0.29) is 6.54 Å². The van der Waals surface area contributed by atoms with Gasteiger partial charge >= 0.3 is 5.69 Å². The first-order valence-electron chi connectivity index (χ1n) is 5.24. The van der Waals surface area contributed by atoms with Gasteiger partial charge < -0.3 is 5.11 Å². The molecule has 0 aliphatic rings. The van der Waals surface area contributed by atoms with Gasteiger partial charge in [-0.1, -0.05) is 0 Å². The predicted octanol–water partition coefficient (Wildman–Crippen LogP) is 0.735. The maximum absolute atomic E-state index is 13.1. The van der Waals surface area contributed by atoms with Crippen LogP contribution in [0.3, 0.4) is 0 Å². The van der Waals surface area contributed by atoms with Crippen molar-refractivity contribution in [3.8, 4) is 0 Å².